The molecule has 0 bridgehead atoms. The molecule has 1 N–H and O–H groups in total. The lowest BCUT2D eigenvalue weighted by Gasteiger charge is -2.15. The zero-order valence-electron chi connectivity index (χ0n) is 13.0. The predicted molar refractivity (Wildman–Crippen MR) is 89.7 cm³/mol. The molecule has 0 spiro atoms. The fraction of sp³-hybridized carbons (Fsp3) is 0.176. The minimum absolute atomic E-state index is 0.309. The number of esters is 1. The molecule has 0 radical (unpaired) electrons. The van der Waals surface area contributed by atoms with Crippen molar-refractivity contribution in [3.63, 3.8) is 0 Å². The highest BCUT2D eigenvalue weighted by Gasteiger charge is 2.18. The first kappa shape index (κ1) is 19.1. The Balaban J connectivity index is 1.93. The number of ether oxygens (including phenoxy) is 1. The van der Waals surface area contributed by atoms with E-state index in [9.17, 15) is 18.4 Å². The van der Waals surface area contributed by atoms with Crippen LogP contribution < -0.4 is 5.32 Å². The van der Waals surface area contributed by atoms with Crippen LogP contribution in [-0.2, 0) is 9.53 Å². The van der Waals surface area contributed by atoms with Crippen LogP contribution in [0, 0.1) is 11.6 Å². The van der Waals surface area contributed by atoms with Crippen LogP contribution >= 0.6 is 23.2 Å². The zero-order chi connectivity index (χ0) is 18.6. The summed E-state index contributed by atoms with van der Waals surface area (Å²) in [6.45, 7) is 1.14. The maximum Gasteiger partial charge on any atom is 0.340 e. The second-order valence-corrected chi connectivity index (χ2v) is 6.01. The molecular formula is C17H13Cl2F2NO3. The van der Waals surface area contributed by atoms with Crippen LogP contribution in [0.15, 0.2) is 36.4 Å². The third-order valence-corrected chi connectivity index (χ3v) is 3.84. The van der Waals surface area contributed by atoms with Crippen molar-refractivity contribution in [1.29, 1.82) is 0 Å². The Labute approximate surface area is 152 Å². The van der Waals surface area contributed by atoms with Gasteiger partial charge in [0.25, 0.3) is 5.91 Å². The van der Waals surface area contributed by atoms with Crippen LogP contribution in [0.2, 0.25) is 10.0 Å². The summed E-state index contributed by atoms with van der Waals surface area (Å²) in [6.07, 6.45) is 0. The highest BCUT2D eigenvalue weighted by atomic mass is 35.5. The quantitative estimate of drug-likeness (QED) is 0.614. The minimum Gasteiger partial charge on any atom is -0.452 e. The lowest BCUT2D eigenvalue weighted by molar-refractivity contribution is -0.124. The summed E-state index contributed by atoms with van der Waals surface area (Å²) in [4.78, 5) is 23.7. The monoisotopic (exact) mass is 387 g/mol. The molecule has 1 amide bonds. The molecule has 0 aromatic heterocycles. The molecule has 2 rings (SSSR count). The van der Waals surface area contributed by atoms with E-state index in [4.69, 9.17) is 27.9 Å². The van der Waals surface area contributed by atoms with Gasteiger partial charge < -0.3 is 10.1 Å². The van der Waals surface area contributed by atoms with E-state index in [1.54, 1.807) is 31.2 Å². The molecule has 0 aliphatic heterocycles. The molecule has 25 heavy (non-hydrogen) atoms. The number of amides is 1. The Bertz CT molecular complexity index is 814. The third-order valence-electron chi connectivity index (χ3n) is 3.29. The van der Waals surface area contributed by atoms with Crippen LogP contribution in [0.4, 0.5) is 8.78 Å². The number of benzene rings is 2. The molecule has 4 nitrogen and oxygen atoms in total. The van der Waals surface area contributed by atoms with Gasteiger partial charge in [-0.3, -0.25) is 4.79 Å². The van der Waals surface area contributed by atoms with Gasteiger partial charge in [-0.1, -0.05) is 35.3 Å². The van der Waals surface area contributed by atoms with Gasteiger partial charge in [-0.05, 0) is 36.8 Å². The lowest BCUT2D eigenvalue weighted by atomic mass is 10.1. The number of carbonyl (C=O) groups excluding carboxylic acids is 2. The van der Waals surface area contributed by atoms with Crippen molar-refractivity contribution in [3.8, 4) is 0 Å². The van der Waals surface area contributed by atoms with E-state index in [-0.39, 0.29) is 16.6 Å². The topological polar surface area (TPSA) is 55.4 Å². The molecule has 1 atom stereocenters. The fourth-order valence-electron chi connectivity index (χ4n) is 2.03. The Morgan fingerprint density at radius 3 is 2.52 bits per heavy atom. The van der Waals surface area contributed by atoms with Crippen LogP contribution in [0.1, 0.15) is 28.9 Å². The second kappa shape index (κ2) is 8.27. The minimum atomic E-state index is -1.24. The summed E-state index contributed by atoms with van der Waals surface area (Å²) in [7, 11) is 0. The molecule has 2 aromatic rings. The van der Waals surface area contributed by atoms with E-state index in [0.717, 1.165) is 5.56 Å². The molecule has 0 aliphatic carbocycles. The first-order valence-corrected chi connectivity index (χ1v) is 7.90. The van der Waals surface area contributed by atoms with E-state index < -0.39 is 30.1 Å². The highest BCUT2D eigenvalue weighted by molar-refractivity contribution is 6.33. The molecule has 8 heteroatoms. The fourth-order valence-corrected chi connectivity index (χ4v) is 2.46. The Hall–Kier alpha value is -2.18. The molecular weight excluding hydrogens is 375 g/mol. The van der Waals surface area contributed by atoms with Gasteiger partial charge >= 0.3 is 5.97 Å². The van der Waals surface area contributed by atoms with Gasteiger partial charge in [0.1, 0.15) is 0 Å². The Morgan fingerprint density at radius 1 is 1.16 bits per heavy atom. The summed E-state index contributed by atoms with van der Waals surface area (Å²) in [5, 5.41) is 2.84. The predicted octanol–water partition coefficient (Wildman–Crippen LogP) is 4.31. The maximum absolute atomic E-state index is 13.2. The third kappa shape index (κ3) is 5.14. The molecule has 0 aliphatic rings. The van der Waals surface area contributed by atoms with Crippen LogP contribution in [0.25, 0.3) is 0 Å². The van der Waals surface area contributed by atoms with Gasteiger partial charge in [-0.15, -0.1) is 0 Å². The van der Waals surface area contributed by atoms with E-state index in [0.29, 0.717) is 17.2 Å². The van der Waals surface area contributed by atoms with E-state index in [1.807, 2.05) is 0 Å². The molecule has 2 aromatic carbocycles. The number of nitrogens with one attached hydrogen (secondary N) is 1. The maximum atomic E-state index is 13.2. The smallest absolute Gasteiger partial charge is 0.340 e. The van der Waals surface area contributed by atoms with Crippen molar-refractivity contribution >= 4 is 35.1 Å². The lowest BCUT2D eigenvalue weighted by Crippen LogP contribution is -2.31. The van der Waals surface area contributed by atoms with Crippen molar-refractivity contribution in [1.82, 2.24) is 5.32 Å². The van der Waals surface area contributed by atoms with Crippen molar-refractivity contribution in [3.05, 3.63) is 69.2 Å². The van der Waals surface area contributed by atoms with Gasteiger partial charge in [-0.2, -0.15) is 0 Å². The van der Waals surface area contributed by atoms with Crippen LogP contribution in [0.5, 0.6) is 0 Å². The highest BCUT2D eigenvalue weighted by Crippen LogP contribution is 2.21. The molecule has 0 saturated carbocycles. The second-order valence-electron chi connectivity index (χ2n) is 5.17. The molecule has 132 valence electrons. The first-order chi connectivity index (χ1) is 11.8. The summed E-state index contributed by atoms with van der Waals surface area (Å²) in [5.74, 6) is -4.03. The van der Waals surface area contributed by atoms with E-state index in [1.165, 1.54) is 0 Å². The van der Waals surface area contributed by atoms with Crippen molar-refractivity contribution in [2.75, 3.05) is 6.61 Å². The Morgan fingerprint density at radius 2 is 1.84 bits per heavy atom. The van der Waals surface area contributed by atoms with E-state index >= 15 is 0 Å². The SMILES string of the molecule is C[C@H](NC(=O)COC(=O)c1cc(F)c(F)cc1Cl)c1cccc(Cl)c1. The normalized spacial score (nSPS) is 11.7. The Kier molecular flexibility index (Phi) is 6.33. The molecule has 0 heterocycles. The number of halogens is 4. The average molecular weight is 388 g/mol. The first-order valence-electron chi connectivity index (χ1n) is 7.14. The average Bonchev–Trinajstić information content (AvgIpc) is 2.56. The standard InChI is InChI=1S/C17H13Cl2F2NO3/c1-9(10-3-2-4-11(18)5-10)22-16(23)8-25-17(24)12-6-14(20)15(21)7-13(12)19/h2-7,9H,8H2,1H3,(H,22,23)/t9-/m0/s1. The summed E-state index contributed by atoms with van der Waals surface area (Å²) in [5.41, 5.74) is 0.409. The zero-order valence-corrected chi connectivity index (χ0v) is 14.5. The van der Waals surface area contributed by atoms with E-state index in [2.05, 4.69) is 5.32 Å². The molecule has 0 saturated heterocycles. The number of rotatable bonds is 5. The van der Waals surface area contributed by atoms with Gasteiger partial charge in [0.15, 0.2) is 18.2 Å². The van der Waals surface area contributed by atoms with Crippen molar-refractivity contribution < 1.29 is 23.1 Å². The summed E-state index contributed by atoms with van der Waals surface area (Å²) >= 11 is 11.6. The van der Waals surface area contributed by atoms with Crippen molar-refractivity contribution in [2.24, 2.45) is 0 Å². The molecule has 0 unspecified atom stereocenters. The molecule has 0 fully saturated rings. The van der Waals surface area contributed by atoms with Gasteiger partial charge in [0, 0.05) is 5.02 Å². The largest absolute Gasteiger partial charge is 0.452 e. The van der Waals surface area contributed by atoms with Crippen LogP contribution in [-0.4, -0.2) is 18.5 Å². The van der Waals surface area contributed by atoms with Gasteiger partial charge in [0.05, 0.1) is 16.6 Å². The van der Waals surface area contributed by atoms with Crippen molar-refractivity contribution in [2.45, 2.75) is 13.0 Å². The number of hydrogen-bond donors (Lipinski definition) is 1. The number of carbonyl (C=O) groups is 2. The summed E-state index contributed by atoms with van der Waals surface area (Å²) in [6, 6.07) is 7.83. The summed E-state index contributed by atoms with van der Waals surface area (Å²) < 4.78 is 30.9. The van der Waals surface area contributed by atoms with Gasteiger partial charge in [0.2, 0.25) is 0 Å². The van der Waals surface area contributed by atoms with Crippen LogP contribution in [0.3, 0.4) is 0 Å². The number of hydrogen-bond acceptors (Lipinski definition) is 3. The van der Waals surface area contributed by atoms with Gasteiger partial charge in [-0.25, -0.2) is 13.6 Å².